The fourth-order valence-electron chi connectivity index (χ4n) is 1.36. The van der Waals surface area contributed by atoms with E-state index in [4.69, 9.17) is 0 Å². The summed E-state index contributed by atoms with van der Waals surface area (Å²) >= 11 is 0. The minimum Gasteiger partial charge on any atom is -0.291 e. The first-order chi connectivity index (χ1) is 6.27. The zero-order valence-electron chi connectivity index (χ0n) is 7.40. The maximum Gasteiger partial charge on any atom is 0.197 e. The van der Waals surface area contributed by atoms with Gasteiger partial charge in [-0.05, 0) is 18.6 Å². The highest BCUT2D eigenvalue weighted by Gasteiger charge is 2.16. The van der Waals surface area contributed by atoms with E-state index in [-0.39, 0.29) is 5.78 Å². The third kappa shape index (κ3) is 1.45. The summed E-state index contributed by atoms with van der Waals surface area (Å²) in [5, 5.41) is 5.73. The zero-order chi connectivity index (χ0) is 9.26. The van der Waals surface area contributed by atoms with E-state index in [1.807, 2.05) is 31.2 Å². The van der Waals surface area contributed by atoms with E-state index in [0.29, 0.717) is 6.54 Å². The minimum absolute atomic E-state index is 0.0586. The molecule has 1 heterocycles. The molecule has 0 unspecified atom stereocenters. The lowest BCUT2D eigenvalue weighted by Gasteiger charge is -2.14. The first kappa shape index (κ1) is 7.98. The lowest BCUT2D eigenvalue weighted by molar-refractivity contribution is -0.110. The second-order valence-electron chi connectivity index (χ2n) is 3.06. The number of rotatable bonds is 1. The van der Waals surface area contributed by atoms with E-state index >= 15 is 0 Å². The molecule has 13 heavy (non-hydrogen) atoms. The maximum absolute atomic E-state index is 10.9. The van der Waals surface area contributed by atoms with Crippen molar-refractivity contribution in [3.8, 4) is 0 Å². The lowest BCUT2D eigenvalue weighted by Crippen LogP contribution is -2.17. The molecular weight excluding hydrogens is 164 g/mol. The van der Waals surface area contributed by atoms with E-state index in [0.717, 1.165) is 11.3 Å². The van der Waals surface area contributed by atoms with Crippen LogP contribution in [0.25, 0.3) is 0 Å². The van der Waals surface area contributed by atoms with Gasteiger partial charge in [-0.15, -0.1) is 0 Å². The second kappa shape index (κ2) is 3.01. The summed E-state index contributed by atoms with van der Waals surface area (Å²) in [6.45, 7) is 2.37. The molecule has 0 fully saturated rings. The predicted octanol–water partition coefficient (Wildman–Crippen LogP) is 1.37. The Labute approximate surface area is 76.7 Å². The van der Waals surface area contributed by atoms with Crippen molar-refractivity contribution < 1.29 is 4.79 Å². The summed E-state index contributed by atoms with van der Waals surface area (Å²) in [4.78, 5) is 10.9. The van der Waals surface area contributed by atoms with Gasteiger partial charge in [0.05, 0.1) is 11.9 Å². The second-order valence-corrected chi connectivity index (χ2v) is 3.06. The van der Waals surface area contributed by atoms with Crippen LogP contribution in [0.1, 0.15) is 5.56 Å². The number of aryl methyl sites for hydroxylation is 1. The standard InChI is InChI=1S/C10H10N2O/c1-8-4-2-3-5-10(8)12-7-9(13)6-11-12/h2-6H,7H2,1H3. The van der Waals surface area contributed by atoms with Crippen molar-refractivity contribution in [2.75, 3.05) is 11.6 Å². The van der Waals surface area contributed by atoms with Crippen molar-refractivity contribution in [2.45, 2.75) is 6.92 Å². The molecule has 0 N–H and O–H groups in total. The van der Waals surface area contributed by atoms with Crippen LogP contribution in [0.5, 0.6) is 0 Å². The van der Waals surface area contributed by atoms with Gasteiger partial charge in [-0.2, -0.15) is 5.10 Å². The molecule has 0 amide bonds. The number of hydrogen-bond acceptors (Lipinski definition) is 3. The van der Waals surface area contributed by atoms with Crippen molar-refractivity contribution >= 4 is 17.7 Å². The van der Waals surface area contributed by atoms with Crippen LogP contribution in [-0.2, 0) is 4.79 Å². The quantitative estimate of drug-likeness (QED) is 0.644. The number of nitrogens with zero attached hydrogens (tertiary/aromatic N) is 2. The highest BCUT2D eigenvalue weighted by atomic mass is 16.1. The van der Waals surface area contributed by atoms with E-state index in [1.165, 1.54) is 6.21 Å². The van der Waals surface area contributed by atoms with Crippen LogP contribution in [0.3, 0.4) is 0 Å². The van der Waals surface area contributed by atoms with Gasteiger partial charge in [-0.25, -0.2) is 0 Å². The van der Waals surface area contributed by atoms with Gasteiger partial charge < -0.3 is 0 Å². The van der Waals surface area contributed by atoms with Gasteiger partial charge in [-0.3, -0.25) is 9.80 Å². The van der Waals surface area contributed by atoms with Gasteiger partial charge >= 0.3 is 0 Å². The molecule has 0 bridgehead atoms. The Morgan fingerprint density at radius 1 is 1.38 bits per heavy atom. The molecule has 0 spiro atoms. The Balaban J connectivity index is 2.32. The molecular formula is C10H10N2O. The first-order valence-electron chi connectivity index (χ1n) is 4.17. The van der Waals surface area contributed by atoms with Gasteiger partial charge in [0.15, 0.2) is 5.78 Å². The Morgan fingerprint density at radius 2 is 2.15 bits per heavy atom. The number of hydrazone groups is 1. The van der Waals surface area contributed by atoms with Crippen LogP contribution in [0, 0.1) is 6.92 Å². The van der Waals surface area contributed by atoms with Crippen LogP contribution >= 0.6 is 0 Å². The number of benzene rings is 1. The molecule has 0 aromatic heterocycles. The molecule has 1 aromatic rings. The maximum atomic E-state index is 10.9. The Hall–Kier alpha value is -1.64. The van der Waals surface area contributed by atoms with Crippen molar-refractivity contribution in [2.24, 2.45) is 5.10 Å². The molecule has 66 valence electrons. The number of para-hydroxylation sites is 1. The topological polar surface area (TPSA) is 32.7 Å². The zero-order valence-corrected chi connectivity index (χ0v) is 7.40. The van der Waals surface area contributed by atoms with Crippen molar-refractivity contribution in [3.63, 3.8) is 0 Å². The van der Waals surface area contributed by atoms with E-state index in [9.17, 15) is 4.79 Å². The Bertz CT molecular complexity index is 371. The summed E-state index contributed by atoms with van der Waals surface area (Å²) < 4.78 is 0. The lowest BCUT2D eigenvalue weighted by atomic mass is 10.2. The van der Waals surface area contributed by atoms with Crippen LogP contribution < -0.4 is 5.01 Å². The number of carbonyl (C=O) groups is 1. The van der Waals surface area contributed by atoms with Gasteiger partial charge in [0.2, 0.25) is 0 Å². The number of ketones is 1. The fourth-order valence-corrected chi connectivity index (χ4v) is 1.36. The number of Topliss-reactive ketones (excluding diaryl/α,β-unsaturated/α-hetero) is 1. The molecule has 0 saturated carbocycles. The predicted molar refractivity (Wildman–Crippen MR) is 52.0 cm³/mol. The molecule has 2 rings (SSSR count). The first-order valence-corrected chi connectivity index (χ1v) is 4.17. The van der Waals surface area contributed by atoms with Crippen LogP contribution in [0.15, 0.2) is 29.4 Å². The summed E-state index contributed by atoms with van der Waals surface area (Å²) in [5.41, 5.74) is 2.14. The summed E-state index contributed by atoms with van der Waals surface area (Å²) in [5.74, 6) is 0.0586. The SMILES string of the molecule is Cc1ccccc1N1CC(=O)C=N1. The molecule has 0 atom stereocenters. The van der Waals surface area contributed by atoms with Gasteiger partial charge in [0, 0.05) is 0 Å². The molecule has 0 saturated heterocycles. The smallest absolute Gasteiger partial charge is 0.197 e. The third-order valence-electron chi connectivity index (χ3n) is 2.04. The molecule has 3 nitrogen and oxygen atoms in total. The van der Waals surface area contributed by atoms with Crippen LogP contribution in [0.2, 0.25) is 0 Å². The highest BCUT2D eigenvalue weighted by molar-refractivity contribution is 6.31. The van der Waals surface area contributed by atoms with Gasteiger partial charge in [0.25, 0.3) is 0 Å². The number of carbonyl (C=O) groups excluding carboxylic acids is 1. The average Bonchev–Trinajstić information content (AvgIpc) is 2.53. The van der Waals surface area contributed by atoms with Crippen molar-refractivity contribution in [1.29, 1.82) is 0 Å². The highest BCUT2D eigenvalue weighted by Crippen LogP contribution is 2.20. The largest absolute Gasteiger partial charge is 0.291 e. The van der Waals surface area contributed by atoms with Crippen molar-refractivity contribution in [3.05, 3.63) is 29.8 Å². The van der Waals surface area contributed by atoms with Crippen LogP contribution in [-0.4, -0.2) is 18.5 Å². The Kier molecular flexibility index (Phi) is 1.85. The molecule has 1 aliphatic rings. The third-order valence-corrected chi connectivity index (χ3v) is 2.04. The molecule has 0 aliphatic carbocycles. The summed E-state index contributed by atoms with van der Waals surface area (Å²) in [6.07, 6.45) is 1.37. The number of anilines is 1. The summed E-state index contributed by atoms with van der Waals surface area (Å²) in [7, 11) is 0. The minimum atomic E-state index is 0.0586. The van der Waals surface area contributed by atoms with Crippen molar-refractivity contribution in [1.82, 2.24) is 0 Å². The van der Waals surface area contributed by atoms with E-state index in [2.05, 4.69) is 5.10 Å². The average molecular weight is 174 g/mol. The summed E-state index contributed by atoms with van der Waals surface area (Å²) in [6, 6.07) is 7.89. The molecule has 1 aromatic carbocycles. The van der Waals surface area contributed by atoms with E-state index < -0.39 is 0 Å². The number of hydrogen-bond donors (Lipinski definition) is 0. The van der Waals surface area contributed by atoms with E-state index in [1.54, 1.807) is 5.01 Å². The monoisotopic (exact) mass is 174 g/mol. The fraction of sp³-hybridized carbons (Fsp3) is 0.200. The van der Waals surface area contributed by atoms with Crippen LogP contribution in [0.4, 0.5) is 5.69 Å². The Morgan fingerprint density at radius 3 is 2.77 bits per heavy atom. The van der Waals surface area contributed by atoms with Gasteiger partial charge in [-0.1, -0.05) is 18.2 Å². The van der Waals surface area contributed by atoms with Gasteiger partial charge in [0.1, 0.15) is 6.54 Å². The molecule has 1 aliphatic heterocycles. The molecule has 3 heteroatoms. The normalized spacial score (nSPS) is 15.5. The molecule has 0 radical (unpaired) electrons.